The molecule has 0 aliphatic carbocycles. The smallest absolute Gasteiger partial charge is 0.207 e. The van der Waals surface area contributed by atoms with E-state index in [1.165, 1.54) is 17.5 Å². The van der Waals surface area contributed by atoms with E-state index in [2.05, 4.69) is 60.7 Å². The van der Waals surface area contributed by atoms with Crippen LogP contribution in [0.25, 0.3) is 76.5 Å². The van der Waals surface area contributed by atoms with E-state index in [0.717, 1.165) is 77.7 Å². The first-order valence-corrected chi connectivity index (χ1v) is 14.7. The lowest BCUT2D eigenvalue weighted by Crippen LogP contribution is -2.04. The van der Waals surface area contributed by atoms with E-state index in [1.807, 2.05) is 36.4 Å². The third kappa shape index (κ3) is 4.53. The molecule has 45 heavy (non-hydrogen) atoms. The highest BCUT2D eigenvalue weighted by atomic mass is 19.4. The maximum atomic E-state index is 13.8. The highest BCUT2D eigenvalue weighted by Gasteiger charge is 2.30. The van der Waals surface area contributed by atoms with Crippen LogP contribution in [-0.4, -0.2) is 0 Å². The largest absolute Gasteiger partial charge is 0.416 e. The molecule has 0 aromatic heterocycles. The van der Waals surface area contributed by atoms with Gasteiger partial charge in [0.2, 0.25) is 0 Å². The average Bonchev–Trinajstić information content (AvgIpc) is 3.07. The highest BCUT2D eigenvalue weighted by molar-refractivity contribution is 6.26. The number of hydrogen-bond donors (Lipinski definition) is 0. The molecule has 216 valence electrons. The zero-order valence-corrected chi connectivity index (χ0v) is 23.9. The number of rotatable bonds is 3. The maximum absolute atomic E-state index is 13.8. The lowest BCUT2D eigenvalue weighted by Gasteiger charge is -2.20. The van der Waals surface area contributed by atoms with Crippen LogP contribution in [0.3, 0.4) is 0 Å². The van der Waals surface area contributed by atoms with Gasteiger partial charge in [0.25, 0.3) is 0 Å². The van der Waals surface area contributed by atoms with Crippen molar-refractivity contribution in [3.8, 4) is 33.4 Å². The molecular formula is C41H24F4. The molecule has 0 saturated heterocycles. The van der Waals surface area contributed by atoms with Gasteiger partial charge in [0.1, 0.15) is 5.82 Å². The minimum atomic E-state index is -4.43. The highest BCUT2D eigenvalue weighted by Crippen LogP contribution is 2.47. The van der Waals surface area contributed by atoms with Crippen LogP contribution in [0.4, 0.5) is 17.6 Å². The molecule has 0 radical (unpaired) electrons. The number of alkyl halides is 3. The van der Waals surface area contributed by atoms with Crippen LogP contribution in [0.1, 0.15) is 5.56 Å². The minimum Gasteiger partial charge on any atom is -0.207 e. The minimum absolute atomic E-state index is 0.318. The van der Waals surface area contributed by atoms with Crippen molar-refractivity contribution in [2.24, 2.45) is 0 Å². The molecule has 0 amide bonds. The summed E-state index contributed by atoms with van der Waals surface area (Å²) in [4.78, 5) is 0. The van der Waals surface area contributed by atoms with E-state index in [0.29, 0.717) is 5.56 Å². The second-order valence-corrected chi connectivity index (χ2v) is 11.3. The van der Waals surface area contributed by atoms with E-state index in [4.69, 9.17) is 0 Å². The van der Waals surface area contributed by atoms with Gasteiger partial charge in [-0.2, -0.15) is 13.2 Å². The van der Waals surface area contributed by atoms with Crippen LogP contribution in [0.5, 0.6) is 0 Å². The Hall–Kier alpha value is -5.48. The summed E-state index contributed by atoms with van der Waals surface area (Å²) in [5.74, 6) is -0.318. The Bertz CT molecular complexity index is 2400. The molecular weight excluding hydrogens is 568 g/mol. The molecule has 0 aliphatic heterocycles. The van der Waals surface area contributed by atoms with Crippen LogP contribution in [0.15, 0.2) is 146 Å². The van der Waals surface area contributed by atoms with Gasteiger partial charge < -0.3 is 0 Å². The molecule has 0 N–H and O–H groups in total. The molecule has 8 aromatic rings. The van der Waals surface area contributed by atoms with Gasteiger partial charge in [-0.05, 0) is 113 Å². The maximum Gasteiger partial charge on any atom is 0.416 e. The fourth-order valence-corrected chi connectivity index (χ4v) is 6.69. The summed E-state index contributed by atoms with van der Waals surface area (Å²) in [7, 11) is 0. The van der Waals surface area contributed by atoms with Gasteiger partial charge in [0.05, 0.1) is 5.56 Å². The van der Waals surface area contributed by atoms with Gasteiger partial charge >= 0.3 is 6.18 Å². The second kappa shape index (κ2) is 10.3. The van der Waals surface area contributed by atoms with Crippen LogP contribution in [-0.2, 0) is 6.18 Å². The number of halogens is 4. The molecule has 0 nitrogen and oxygen atoms in total. The second-order valence-electron chi connectivity index (χ2n) is 11.3. The first-order chi connectivity index (χ1) is 21.9. The summed E-state index contributed by atoms with van der Waals surface area (Å²) < 4.78 is 54.5. The molecule has 0 atom stereocenters. The van der Waals surface area contributed by atoms with Crippen molar-refractivity contribution in [1.29, 1.82) is 0 Å². The number of benzene rings is 8. The first kappa shape index (κ1) is 27.1. The van der Waals surface area contributed by atoms with Gasteiger partial charge in [-0.25, -0.2) is 4.39 Å². The van der Waals surface area contributed by atoms with E-state index < -0.39 is 11.7 Å². The van der Waals surface area contributed by atoms with Crippen LogP contribution in [0, 0.1) is 5.82 Å². The van der Waals surface area contributed by atoms with Crippen molar-refractivity contribution >= 4 is 43.1 Å². The third-order valence-corrected chi connectivity index (χ3v) is 8.74. The molecule has 8 rings (SSSR count). The fourth-order valence-electron chi connectivity index (χ4n) is 6.69. The normalized spacial score (nSPS) is 12.0. The SMILES string of the molecule is Fc1ccc(-c2ccc3c(-c4cc5ccccc5c5ccccc45)c4ccccc4c(-c4ccc(C(F)(F)F)cc4)c3c2)cc1. The van der Waals surface area contributed by atoms with Crippen molar-refractivity contribution in [2.45, 2.75) is 6.18 Å². The summed E-state index contributed by atoms with van der Waals surface area (Å²) in [6.45, 7) is 0. The Labute approximate surface area is 256 Å². The molecule has 0 bridgehead atoms. The Morgan fingerprint density at radius 3 is 1.60 bits per heavy atom. The first-order valence-electron chi connectivity index (χ1n) is 14.7. The lowest BCUT2D eigenvalue weighted by molar-refractivity contribution is -0.137. The molecule has 0 heterocycles. The standard InChI is InChI=1S/C41H24F4/c42-30-20-15-25(16-21-30)27-17-22-36-38(23-27)39(26-13-18-29(19-14-26)41(43,44)45)34-11-5-6-12-35(34)40(36)37-24-28-7-1-2-8-31(28)32-9-3-4-10-33(32)37/h1-24H. The van der Waals surface area contributed by atoms with Crippen molar-refractivity contribution in [3.63, 3.8) is 0 Å². The van der Waals surface area contributed by atoms with Crippen molar-refractivity contribution < 1.29 is 17.6 Å². The fraction of sp³-hybridized carbons (Fsp3) is 0.0244. The van der Waals surface area contributed by atoms with E-state index in [-0.39, 0.29) is 5.82 Å². The van der Waals surface area contributed by atoms with Crippen molar-refractivity contribution in [2.75, 3.05) is 0 Å². The third-order valence-electron chi connectivity index (χ3n) is 8.74. The summed E-state index contributed by atoms with van der Waals surface area (Å²) >= 11 is 0. The summed E-state index contributed by atoms with van der Waals surface area (Å²) in [6.07, 6.45) is -4.43. The Kier molecular flexibility index (Phi) is 6.21. The molecule has 0 fully saturated rings. The van der Waals surface area contributed by atoms with Crippen molar-refractivity contribution in [3.05, 3.63) is 157 Å². The quantitative estimate of drug-likeness (QED) is 0.109. The predicted molar refractivity (Wildman–Crippen MR) is 178 cm³/mol. The molecule has 0 aliphatic rings. The monoisotopic (exact) mass is 592 g/mol. The summed E-state index contributed by atoms with van der Waals surface area (Å²) in [5.41, 5.74) is 4.74. The number of fused-ring (bicyclic) bond motifs is 5. The van der Waals surface area contributed by atoms with Crippen LogP contribution >= 0.6 is 0 Å². The van der Waals surface area contributed by atoms with Crippen LogP contribution < -0.4 is 0 Å². The average molecular weight is 593 g/mol. The molecule has 0 saturated carbocycles. The van der Waals surface area contributed by atoms with Crippen molar-refractivity contribution in [1.82, 2.24) is 0 Å². The van der Waals surface area contributed by atoms with E-state index in [9.17, 15) is 17.6 Å². The van der Waals surface area contributed by atoms with Gasteiger partial charge in [0.15, 0.2) is 0 Å². The molecule has 4 heteroatoms. The number of hydrogen-bond acceptors (Lipinski definition) is 0. The van der Waals surface area contributed by atoms with Gasteiger partial charge in [-0.1, -0.05) is 109 Å². The molecule has 0 unspecified atom stereocenters. The Morgan fingerprint density at radius 2 is 0.911 bits per heavy atom. The Balaban J connectivity index is 1.52. The van der Waals surface area contributed by atoms with Gasteiger partial charge in [0, 0.05) is 0 Å². The van der Waals surface area contributed by atoms with E-state index >= 15 is 0 Å². The predicted octanol–water partition coefficient (Wildman–Crippen LogP) is 12.5. The van der Waals surface area contributed by atoms with E-state index in [1.54, 1.807) is 24.3 Å². The lowest BCUT2D eigenvalue weighted by atomic mass is 9.83. The molecule has 8 aromatic carbocycles. The topological polar surface area (TPSA) is 0 Å². The zero-order valence-electron chi connectivity index (χ0n) is 23.9. The zero-order chi connectivity index (χ0) is 30.7. The van der Waals surface area contributed by atoms with Crippen LogP contribution in [0.2, 0.25) is 0 Å². The van der Waals surface area contributed by atoms with Gasteiger partial charge in [-0.3, -0.25) is 0 Å². The summed E-state index contributed by atoms with van der Waals surface area (Å²) in [5, 5.41) is 8.40. The molecule has 0 spiro atoms. The summed E-state index contributed by atoms with van der Waals surface area (Å²) in [6, 6.07) is 45.1. The van der Waals surface area contributed by atoms with Gasteiger partial charge in [-0.15, -0.1) is 0 Å². The Morgan fingerprint density at radius 1 is 0.378 bits per heavy atom.